The first-order valence-corrected chi connectivity index (χ1v) is 13.3. The number of carbonyl (C=O) groups excluding carboxylic acids is 3. The number of aryl methyl sites for hydroxylation is 1. The van der Waals surface area contributed by atoms with Crippen molar-refractivity contribution >= 4 is 34.8 Å². The second-order valence-corrected chi connectivity index (χ2v) is 10.3. The Balaban J connectivity index is 1.41. The number of hydrogen-bond donors (Lipinski definition) is 1. The third-order valence-corrected chi connectivity index (χ3v) is 7.68. The van der Waals surface area contributed by atoms with Crippen LogP contribution in [0.3, 0.4) is 0 Å². The van der Waals surface area contributed by atoms with E-state index < -0.39 is 5.92 Å². The smallest absolute Gasteiger partial charge is 0.262 e. The Labute approximate surface area is 222 Å². The lowest BCUT2D eigenvalue weighted by molar-refractivity contribution is -0.118. The van der Waals surface area contributed by atoms with E-state index in [4.69, 9.17) is 16.3 Å². The van der Waals surface area contributed by atoms with Gasteiger partial charge in [-0.1, -0.05) is 35.4 Å². The van der Waals surface area contributed by atoms with Crippen molar-refractivity contribution in [3.8, 4) is 5.75 Å². The van der Waals surface area contributed by atoms with Crippen LogP contribution in [0.5, 0.6) is 5.75 Å². The monoisotopic (exact) mass is 518 g/mol. The van der Waals surface area contributed by atoms with Crippen molar-refractivity contribution in [2.45, 2.75) is 58.3 Å². The molecular formula is C30H31ClN2O4. The number of amides is 1. The summed E-state index contributed by atoms with van der Waals surface area (Å²) < 4.78 is 5.72. The van der Waals surface area contributed by atoms with Crippen LogP contribution in [-0.4, -0.2) is 35.5 Å². The fourth-order valence-corrected chi connectivity index (χ4v) is 5.97. The molecule has 0 unspecified atom stereocenters. The van der Waals surface area contributed by atoms with Crippen molar-refractivity contribution in [3.05, 3.63) is 81.2 Å². The van der Waals surface area contributed by atoms with Gasteiger partial charge in [0.05, 0.1) is 5.02 Å². The van der Waals surface area contributed by atoms with Gasteiger partial charge in [0.15, 0.2) is 18.2 Å². The average Bonchev–Trinajstić information content (AvgIpc) is 2.88. The quantitative estimate of drug-likeness (QED) is 0.500. The van der Waals surface area contributed by atoms with E-state index in [2.05, 4.69) is 17.1 Å². The first kappa shape index (κ1) is 25.3. The summed E-state index contributed by atoms with van der Waals surface area (Å²) in [6.07, 6.45) is 4.32. The number of nitrogens with one attached hydrogen (secondary N) is 1. The van der Waals surface area contributed by atoms with Crippen molar-refractivity contribution in [1.29, 1.82) is 0 Å². The second-order valence-electron chi connectivity index (χ2n) is 9.84. The van der Waals surface area contributed by atoms with Gasteiger partial charge in [-0.3, -0.25) is 14.4 Å². The van der Waals surface area contributed by atoms with Crippen LogP contribution in [0.1, 0.15) is 62.5 Å². The zero-order valence-electron chi connectivity index (χ0n) is 21.2. The van der Waals surface area contributed by atoms with Crippen molar-refractivity contribution < 1.29 is 19.1 Å². The van der Waals surface area contributed by atoms with Crippen LogP contribution in [0.25, 0.3) is 0 Å². The lowest BCUT2D eigenvalue weighted by Crippen LogP contribution is -2.39. The summed E-state index contributed by atoms with van der Waals surface area (Å²) >= 11 is 6.62. The molecule has 5 rings (SSSR count). The molecule has 0 fully saturated rings. The standard InChI is InChI=1S/C30H31ClN2O4/c1-3-33-22-6-4-8-24(34)29(22)28(30-23(33)7-5-9-25(30)35)19-12-15-26(21(31)16-19)37-17-27(36)32-20-13-10-18(2)11-14-20/h10-16,28H,3-9,17H2,1-2H3,(H,32,36). The maximum atomic E-state index is 13.2. The van der Waals surface area contributed by atoms with Gasteiger partial charge in [-0.15, -0.1) is 0 Å². The molecule has 1 N–H and O–H groups in total. The molecule has 7 heteroatoms. The van der Waals surface area contributed by atoms with Gasteiger partial charge < -0.3 is 15.0 Å². The van der Waals surface area contributed by atoms with Gasteiger partial charge in [-0.05, 0) is 69.4 Å². The van der Waals surface area contributed by atoms with Crippen LogP contribution in [0.15, 0.2) is 65.0 Å². The molecule has 0 bridgehead atoms. The fourth-order valence-electron chi connectivity index (χ4n) is 5.72. The van der Waals surface area contributed by atoms with Crippen molar-refractivity contribution in [2.75, 3.05) is 18.5 Å². The predicted octanol–water partition coefficient (Wildman–Crippen LogP) is 6.10. The summed E-state index contributed by atoms with van der Waals surface area (Å²) in [6, 6.07) is 12.9. The molecule has 3 aliphatic rings. The van der Waals surface area contributed by atoms with Gasteiger partial charge in [-0.2, -0.15) is 0 Å². The van der Waals surface area contributed by atoms with Crippen LogP contribution in [0.2, 0.25) is 5.02 Å². The molecule has 0 spiro atoms. The maximum Gasteiger partial charge on any atom is 0.262 e. The first-order chi connectivity index (χ1) is 17.9. The summed E-state index contributed by atoms with van der Waals surface area (Å²) in [6.45, 7) is 4.61. The molecule has 0 radical (unpaired) electrons. The third kappa shape index (κ3) is 4.95. The van der Waals surface area contributed by atoms with E-state index in [-0.39, 0.29) is 24.1 Å². The van der Waals surface area contributed by atoms with Gasteiger partial charge >= 0.3 is 0 Å². The van der Waals surface area contributed by atoms with E-state index in [1.165, 1.54) is 0 Å². The molecular weight excluding hydrogens is 488 g/mol. The number of anilines is 1. The van der Waals surface area contributed by atoms with Crippen molar-refractivity contribution in [3.63, 3.8) is 0 Å². The van der Waals surface area contributed by atoms with Crippen molar-refractivity contribution in [2.24, 2.45) is 0 Å². The topological polar surface area (TPSA) is 75.7 Å². The number of ketones is 2. The highest BCUT2D eigenvalue weighted by molar-refractivity contribution is 6.32. The molecule has 1 amide bonds. The Morgan fingerprint density at radius 2 is 1.59 bits per heavy atom. The van der Waals surface area contributed by atoms with E-state index in [0.29, 0.717) is 29.3 Å². The molecule has 37 heavy (non-hydrogen) atoms. The maximum absolute atomic E-state index is 13.2. The highest BCUT2D eigenvalue weighted by Gasteiger charge is 2.42. The van der Waals surface area contributed by atoms with Gasteiger partial charge in [-0.25, -0.2) is 0 Å². The molecule has 0 atom stereocenters. The molecule has 2 aliphatic carbocycles. The summed E-state index contributed by atoms with van der Waals surface area (Å²) in [7, 11) is 0. The number of halogens is 1. The number of carbonyl (C=O) groups is 3. The Hall–Kier alpha value is -3.38. The van der Waals surface area contributed by atoms with E-state index in [0.717, 1.165) is 65.9 Å². The van der Waals surface area contributed by atoms with Crippen LogP contribution < -0.4 is 10.1 Å². The molecule has 1 aliphatic heterocycles. The van der Waals surface area contributed by atoms with Gasteiger partial charge in [0.25, 0.3) is 5.91 Å². The molecule has 1 heterocycles. The second kappa shape index (κ2) is 10.5. The normalized spacial score (nSPS) is 18.1. The summed E-state index contributed by atoms with van der Waals surface area (Å²) in [5.74, 6) is -0.104. The zero-order valence-corrected chi connectivity index (χ0v) is 22.0. The summed E-state index contributed by atoms with van der Waals surface area (Å²) in [5, 5.41) is 3.15. The number of hydrogen-bond acceptors (Lipinski definition) is 5. The number of rotatable bonds is 6. The number of nitrogens with zero attached hydrogens (tertiary/aromatic N) is 1. The van der Waals surface area contributed by atoms with Crippen LogP contribution >= 0.6 is 11.6 Å². The molecule has 0 saturated carbocycles. The lowest BCUT2D eigenvalue weighted by atomic mass is 9.71. The summed E-state index contributed by atoms with van der Waals surface area (Å²) in [4.78, 5) is 41.0. The third-order valence-electron chi connectivity index (χ3n) is 7.39. The van der Waals surface area contributed by atoms with E-state index in [1.54, 1.807) is 12.1 Å². The average molecular weight is 519 g/mol. The van der Waals surface area contributed by atoms with Crippen molar-refractivity contribution in [1.82, 2.24) is 4.90 Å². The fraction of sp³-hybridized carbons (Fsp3) is 0.367. The molecule has 6 nitrogen and oxygen atoms in total. The Morgan fingerprint density at radius 3 is 2.16 bits per heavy atom. The van der Waals surface area contributed by atoms with Gasteiger partial charge in [0.1, 0.15) is 5.75 Å². The number of ether oxygens (including phenoxy) is 1. The molecule has 2 aromatic rings. The minimum absolute atomic E-state index is 0.110. The number of allylic oxidation sites excluding steroid dienone is 4. The Kier molecular flexibility index (Phi) is 7.20. The molecule has 2 aromatic carbocycles. The van der Waals surface area contributed by atoms with E-state index in [1.807, 2.05) is 37.3 Å². The van der Waals surface area contributed by atoms with Crippen LogP contribution in [0, 0.1) is 6.92 Å². The van der Waals surface area contributed by atoms with E-state index in [9.17, 15) is 14.4 Å². The molecule has 0 saturated heterocycles. The molecule has 192 valence electrons. The van der Waals surface area contributed by atoms with Gasteiger partial charge in [0, 0.05) is 53.5 Å². The number of benzene rings is 2. The highest BCUT2D eigenvalue weighted by atomic mass is 35.5. The molecule has 0 aromatic heterocycles. The van der Waals surface area contributed by atoms with Crippen LogP contribution in [-0.2, 0) is 14.4 Å². The Bertz CT molecular complexity index is 1280. The minimum Gasteiger partial charge on any atom is -0.482 e. The van der Waals surface area contributed by atoms with Crippen LogP contribution in [0.4, 0.5) is 5.69 Å². The zero-order chi connectivity index (χ0) is 26.1. The minimum atomic E-state index is -0.412. The highest BCUT2D eigenvalue weighted by Crippen LogP contribution is 2.49. The van der Waals surface area contributed by atoms with Gasteiger partial charge in [0.2, 0.25) is 0 Å². The largest absolute Gasteiger partial charge is 0.482 e. The first-order valence-electron chi connectivity index (χ1n) is 13.0. The predicted molar refractivity (Wildman–Crippen MR) is 144 cm³/mol. The lowest BCUT2D eigenvalue weighted by Gasteiger charge is -2.43. The SMILES string of the molecule is CCN1C2=C(C(=O)CCC2)C(c2ccc(OCC(=O)Nc3ccc(C)cc3)c(Cl)c2)C2=C1CCCC2=O. The Morgan fingerprint density at radius 1 is 0.973 bits per heavy atom. The number of Topliss-reactive ketones (excluding diaryl/α,β-unsaturated/α-hetero) is 2. The summed E-state index contributed by atoms with van der Waals surface area (Å²) in [5.41, 5.74) is 6.21. The van der Waals surface area contributed by atoms with E-state index >= 15 is 0 Å².